The second-order valence-electron chi connectivity index (χ2n) is 5.54. The van der Waals surface area contributed by atoms with Crippen LogP contribution in [0.5, 0.6) is 5.75 Å². The number of nitrogens with zero attached hydrogens (tertiary/aromatic N) is 1. The van der Waals surface area contributed by atoms with Crippen molar-refractivity contribution in [1.29, 1.82) is 0 Å². The van der Waals surface area contributed by atoms with Gasteiger partial charge < -0.3 is 9.72 Å². The lowest BCUT2D eigenvalue weighted by atomic mass is 10.1. The van der Waals surface area contributed by atoms with E-state index in [4.69, 9.17) is 16.3 Å². The van der Waals surface area contributed by atoms with Gasteiger partial charge in [0.05, 0.1) is 12.6 Å². The molecule has 9 heteroatoms. The van der Waals surface area contributed by atoms with E-state index in [0.29, 0.717) is 16.8 Å². The molecule has 3 aromatic rings. The first-order valence-electron chi connectivity index (χ1n) is 7.70. The molecule has 26 heavy (non-hydrogen) atoms. The maximum absolute atomic E-state index is 12.2. The monoisotopic (exact) mass is 393 g/mol. The predicted octanol–water partition coefficient (Wildman–Crippen LogP) is 2.11. The van der Waals surface area contributed by atoms with Gasteiger partial charge in [0.25, 0.3) is 5.56 Å². The molecule has 3 rings (SSSR count). The van der Waals surface area contributed by atoms with Gasteiger partial charge in [0.15, 0.2) is 0 Å². The number of H-pyrrole nitrogens is 1. The van der Waals surface area contributed by atoms with Crippen LogP contribution in [0.2, 0.25) is 5.15 Å². The lowest BCUT2D eigenvalue weighted by Gasteiger charge is -2.08. The minimum absolute atomic E-state index is 0.0152. The molecule has 1 aromatic carbocycles. The standard InChI is InChI=1S/C17H16ClN3O4S/c1-25-13-3-2-11-8-12(17(22)21-15(11)9-13)6-7-20-26(23,24)14-4-5-16(18)19-10-14/h2-5,8-10,20H,6-7H2,1H3,(H,21,22). The van der Waals surface area contributed by atoms with Crippen LogP contribution in [0.4, 0.5) is 0 Å². The van der Waals surface area contributed by atoms with Crippen molar-refractivity contribution in [2.24, 2.45) is 0 Å². The van der Waals surface area contributed by atoms with Crippen LogP contribution in [-0.4, -0.2) is 32.0 Å². The number of nitrogens with one attached hydrogen (secondary N) is 2. The number of pyridine rings is 2. The number of aromatic amines is 1. The average molecular weight is 394 g/mol. The summed E-state index contributed by atoms with van der Waals surface area (Å²) < 4.78 is 32.0. The van der Waals surface area contributed by atoms with E-state index in [0.717, 1.165) is 5.39 Å². The topological polar surface area (TPSA) is 101 Å². The predicted molar refractivity (Wildman–Crippen MR) is 99.3 cm³/mol. The number of fused-ring (bicyclic) bond motifs is 1. The van der Waals surface area contributed by atoms with Gasteiger partial charge in [-0.1, -0.05) is 11.6 Å². The highest BCUT2D eigenvalue weighted by molar-refractivity contribution is 7.89. The summed E-state index contributed by atoms with van der Waals surface area (Å²) in [6.07, 6.45) is 1.43. The quantitative estimate of drug-likeness (QED) is 0.624. The van der Waals surface area contributed by atoms with Crippen LogP contribution in [0, 0.1) is 0 Å². The van der Waals surface area contributed by atoms with Crippen molar-refractivity contribution in [2.45, 2.75) is 11.3 Å². The van der Waals surface area contributed by atoms with Gasteiger partial charge in [-0.3, -0.25) is 4.79 Å². The lowest BCUT2D eigenvalue weighted by molar-refractivity contribution is 0.415. The first kappa shape index (κ1) is 18.4. The fraction of sp³-hybridized carbons (Fsp3) is 0.176. The van der Waals surface area contributed by atoms with Crippen molar-refractivity contribution in [3.8, 4) is 5.75 Å². The Morgan fingerprint density at radius 1 is 1.23 bits per heavy atom. The number of hydrogen-bond acceptors (Lipinski definition) is 5. The molecule has 0 spiro atoms. The van der Waals surface area contributed by atoms with Crippen LogP contribution in [0.3, 0.4) is 0 Å². The van der Waals surface area contributed by atoms with E-state index in [9.17, 15) is 13.2 Å². The van der Waals surface area contributed by atoms with Gasteiger partial charge in [0, 0.05) is 24.4 Å². The van der Waals surface area contributed by atoms with E-state index < -0.39 is 10.0 Å². The number of ether oxygens (including phenoxy) is 1. The zero-order chi connectivity index (χ0) is 18.7. The third-order valence-corrected chi connectivity index (χ3v) is 5.50. The highest BCUT2D eigenvalue weighted by atomic mass is 35.5. The molecule has 0 aliphatic heterocycles. The molecular formula is C17H16ClN3O4S. The van der Waals surface area contributed by atoms with E-state index in [1.165, 1.54) is 18.3 Å². The molecular weight excluding hydrogens is 378 g/mol. The maximum Gasteiger partial charge on any atom is 0.251 e. The number of hydrogen-bond donors (Lipinski definition) is 2. The Bertz CT molecular complexity index is 1100. The van der Waals surface area contributed by atoms with Crippen molar-refractivity contribution in [3.05, 3.63) is 63.7 Å². The van der Waals surface area contributed by atoms with Gasteiger partial charge in [0.1, 0.15) is 15.8 Å². The van der Waals surface area contributed by atoms with Crippen molar-refractivity contribution >= 4 is 32.5 Å². The summed E-state index contributed by atoms with van der Waals surface area (Å²) in [6.45, 7) is 0.0791. The highest BCUT2D eigenvalue weighted by Gasteiger charge is 2.14. The average Bonchev–Trinajstić information content (AvgIpc) is 2.62. The summed E-state index contributed by atoms with van der Waals surface area (Å²) in [7, 11) is -2.16. The second kappa shape index (κ2) is 7.45. The molecule has 0 aliphatic rings. The SMILES string of the molecule is COc1ccc2cc(CCNS(=O)(=O)c3ccc(Cl)nc3)c(=O)[nH]c2c1. The fourth-order valence-electron chi connectivity index (χ4n) is 2.46. The first-order valence-corrected chi connectivity index (χ1v) is 9.56. The number of aromatic nitrogens is 2. The Hall–Kier alpha value is -2.42. The third-order valence-electron chi connectivity index (χ3n) is 3.83. The van der Waals surface area contributed by atoms with E-state index in [1.54, 1.807) is 25.3 Å². The zero-order valence-electron chi connectivity index (χ0n) is 13.8. The van der Waals surface area contributed by atoms with Gasteiger partial charge in [-0.2, -0.15) is 0 Å². The lowest BCUT2D eigenvalue weighted by Crippen LogP contribution is -2.27. The van der Waals surface area contributed by atoms with Crippen molar-refractivity contribution in [1.82, 2.24) is 14.7 Å². The number of sulfonamides is 1. The summed E-state index contributed by atoms with van der Waals surface area (Å²) >= 11 is 5.66. The summed E-state index contributed by atoms with van der Waals surface area (Å²) in [4.78, 5) is 18.7. The molecule has 0 fully saturated rings. The zero-order valence-corrected chi connectivity index (χ0v) is 15.4. The molecule has 0 saturated heterocycles. The number of halogens is 1. The summed E-state index contributed by atoms with van der Waals surface area (Å²) in [6, 6.07) is 9.87. The van der Waals surface area contributed by atoms with E-state index >= 15 is 0 Å². The van der Waals surface area contributed by atoms with E-state index in [-0.39, 0.29) is 28.6 Å². The molecule has 0 atom stereocenters. The van der Waals surface area contributed by atoms with Crippen molar-refractivity contribution < 1.29 is 13.2 Å². The molecule has 0 bridgehead atoms. The summed E-state index contributed by atoms with van der Waals surface area (Å²) in [5.74, 6) is 0.644. The Balaban J connectivity index is 1.74. The van der Waals surface area contributed by atoms with E-state index in [2.05, 4.69) is 14.7 Å². The van der Waals surface area contributed by atoms with Crippen molar-refractivity contribution in [2.75, 3.05) is 13.7 Å². The normalized spacial score (nSPS) is 11.6. The van der Waals surface area contributed by atoms with Crippen LogP contribution < -0.4 is 15.0 Å². The first-order chi connectivity index (χ1) is 12.4. The molecule has 0 saturated carbocycles. The van der Waals surface area contributed by atoms with Gasteiger partial charge in [-0.25, -0.2) is 18.1 Å². The molecule has 136 valence electrons. The number of benzene rings is 1. The van der Waals surface area contributed by atoms with Gasteiger partial charge >= 0.3 is 0 Å². The molecule has 0 unspecified atom stereocenters. The van der Waals surface area contributed by atoms with Crippen LogP contribution in [-0.2, 0) is 16.4 Å². The molecule has 0 amide bonds. The Morgan fingerprint density at radius 3 is 2.73 bits per heavy atom. The Kier molecular flexibility index (Phi) is 5.26. The van der Waals surface area contributed by atoms with Gasteiger partial charge in [-0.05, 0) is 42.1 Å². The van der Waals surface area contributed by atoms with Crippen LogP contribution in [0.1, 0.15) is 5.56 Å². The van der Waals surface area contributed by atoms with Gasteiger partial charge in [-0.15, -0.1) is 0 Å². The maximum atomic E-state index is 12.2. The van der Waals surface area contributed by atoms with E-state index in [1.807, 2.05) is 6.07 Å². The number of methoxy groups -OCH3 is 1. The molecule has 0 radical (unpaired) electrons. The fourth-order valence-corrected chi connectivity index (χ4v) is 3.55. The second-order valence-corrected chi connectivity index (χ2v) is 7.70. The van der Waals surface area contributed by atoms with Crippen molar-refractivity contribution in [3.63, 3.8) is 0 Å². The molecule has 2 heterocycles. The minimum Gasteiger partial charge on any atom is -0.497 e. The van der Waals surface area contributed by atoms with Crippen LogP contribution in [0.25, 0.3) is 10.9 Å². The summed E-state index contributed by atoms with van der Waals surface area (Å²) in [5.41, 5.74) is 0.878. The number of rotatable bonds is 6. The molecule has 0 aliphatic carbocycles. The molecule has 7 nitrogen and oxygen atoms in total. The smallest absolute Gasteiger partial charge is 0.251 e. The summed E-state index contributed by atoms with van der Waals surface area (Å²) in [5, 5.41) is 1.05. The molecule has 2 N–H and O–H groups in total. The third kappa shape index (κ3) is 4.04. The highest BCUT2D eigenvalue weighted by Crippen LogP contribution is 2.18. The largest absolute Gasteiger partial charge is 0.497 e. The Morgan fingerprint density at radius 2 is 2.04 bits per heavy atom. The Labute approximate surface area is 155 Å². The van der Waals surface area contributed by atoms with Gasteiger partial charge in [0.2, 0.25) is 10.0 Å². The van der Waals surface area contributed by atoms with Crippen LogP contribution in [0.15, 0.2) is 52.3 Å². The minimum atomic E-state index is -3.71. The molecule has 2 aromatic heterocycles. The van der Waals surface area contributed by atoms with Crippen LogP contribution >= 0.6 is 11.6 Å².